The summed E-state index contributed by atoms with van der Waals surface area (Å²) in [5.74, 6) is 1.38. The molecule has 2 aromatic heterocycles. The van der Waals surface area contributed by atoms with E-state index in [2.05, 4.69) is 20.1 Å². The first kappa shape index (κ1) is 23.0. The fraction of sp³-hybridized carbons (Fsp3) is 0.364. The summed E-state index contributed by atoms with van der Waals surface area (Å²) in [5, 5.41) is 12.9. The monoisotopic (exact) mass is 499 g/mol. The number of fused-ring (bicyclic) bond motifs is 1. The van der Waals surface area contributed by atoms with Gasteiger partial charge in [-0.25, -0.2) is 13.4 Å². The number of rotatable bonds is 7. The van der Waals surface area contributed by atoms with Gasteiger partial charge in [0.1, 0.15) is 5.82 Å². The van der Waals surface area contributed by atoms with Crippen LogP contribution in [0.25, 0.3) is 16.7 Å². The van der Waals surface area contributed by atoms with Crippen LogP contribution in [0.2, 0.25) is 0 Å². The number of sulfonamides is 1. The van der Waals surface area contributed by atoms with Crippen LogP contribution in [0.15, 0.2) is 52.5 Å². The molecule has 1 saturated heterocycles. The van der Waals surface area contributed by atoms with Crippen molar-refractivity contribution in [2.75, 3.05) is 26.3 Å². The molecule has 4 aromatic rings. The number of imidazole rings is 1. The number of hydrogen-bond acceptors (Lipinski definition) is 8. The number of tetrazole rings is 1. The number of morpholine rings is 1. The van der Waals surface area contributed by atoms with E-state index in [1.54, 1.807) is 16.8 Å². The summed E-state index contributed by atoms with van der Waals surface area (Å²) < 4.78 is 36.7. The third-order valence-corrected chi connectivity index (χ3v) is 8.65. The summed E-state index contributed by atoms with van der Waals surface area (Å²) in [4.78, 5) is 5.03. The van der Waals surface area contributed by atoms with Crippen molar-refractivity contribution in [1.82, 2.24) is 34.1 Å². The molecule has 1 aliphatic heterocycles. The Kier molecular flexibility index (Phi) is 6.38. The van der Waals surface area contributed by atoms with Crippen LogP contribution in [-0.4, -0.2) is 68.8 Å². The molecule has 0 unspecified atom stereocenters. The molecular weight excluding hydrogens is 474 g/mol. The molecule has 1 fully saturated rings. The highest BCUT2D eigenvalue weighted by atomic mass is 32.2. The van der Waals surface area contributed by atoms with Gasteiger partial charge in [0.05, 0.1) is 40.6 Å². The summed E-state index contributed by atoms with van der Waals surface area (Å²) in [6.45, 7) is 6.33. The van der Waals surface area contributed by atoms with Crippen molar-refractivity contribution >= 4 is 32.8 Å². The molecule has 34 heavy (non-hydrogen) atoms. The number of aromatic nitrogens is 6. The van der Waals surface area contributed by atoms with Gasteiger partial charge in [-0.2, -0.15) is 8.99 Å². The lowest BCUT2D eigenvalue weighted by Gasteiger charge is -2.26. The molecule has 0 N–H and O–H groups in total. The topological polar surface area (TPSA) is 108 Å². The van der Waals surface area contributed by atoms with Crippen molar-refractivity contribution in [3.8, 4) is 5.69 Å². The van der Waals surface area contributed by atoms with Crippen LogP contribution in [0.1, 0.15) is 18.3 Å². The molecule has 0 atom stereocenters. The van der Waals surface area contributed by atoms with Gasteiger partial charge in [0.25, 0.3) is 0 Å². The van der Waals surface area contributed by atoms with Gasteiger partial charge < -0.3 is 9.30 Å². The molecule has 12 heteroatoms. The van der Waals surface area contributed by atoms with Crippen LogP contribution in [0.5, 0.6) is 0 Å². The second-order valence-corrected chi connectivity index (χ2v) is 10.8. The van der Waals surface area contributed by atoms with Gasteiger partial charge in [0.15, 0.2) is 0 Å². The Hall–Kier alpha value is -2.80. The molecule has 0 bridgehead atoms. The van der Waals surface area contributed by atoms with Crippen LogP contribution in [0, 0.1) is 6.92 Å². The van der Waals surface area contributed by atoms with E-state index >= 15 is 0 Å². The lowest BCUT2D eigenvalue weighted by molar-refractivity contribution is 0.0730. The fourth-order valence-electron chi connectivity index (χ4n) is 4.07. The second kappa shape index (κ2) is 9.45. The van der Waals surface area contributed by atoms with Gasteiger partial charge in [0.2, 0.25) is 15.2 Å². The summed E-state index contributed by atoms with van der Waals surface area (Å²) in [7, 11) is -3.58. The van der Waals surface area contributed by atoms with E-state index in [9.17, 15) is 8.42 Å². The normalized spacial score (nSPS) is 15.2. The summed E-state index contributed by atoms with van der Waals surface area (Å²) >= 11 is 1.49. The largest absolute Gasteiger partial charge is 0.379 e. The molecule has 0 radical (unpaired) electrons. The minimum absolute atomic E-state index is 0.255. The zero-order chi connectivity index (χ0) is 23.7. The Labute approximate surface area is 202 Å². The van der Waals surface area contributed by atoms with E-state index in [1.165, 1.54) is 16.1 Å². The minimum Gasteiger partial charge on any atom is -0.379 e. The number of ether oxygens (including phenoxy) is 1. The Balaban J connectivity index is 1.43. The zero-order valence-corrected chi connectivity index (χ0v) is 20.6. The molecule has 1 aliphatic rings. The van der Waals surface area contributed by atoms with Crippen LogP contribution in [0.3, 0.4) is 0 Å². The highest BCUT2D eigenvalue weighted by molar-refractivity contribution is 7.98. The Morgan fingerprint density at radius 3 is 2.68 bits per heavy atom. The lowest BCUT2D eigenvalue weighted by atomic mass is 10.2. The van der Waals surface area contributed by atoms with Gasteiger partial charge in [0, 0.05) is 19.6 Å². The maximum absolute atomic E-state index is 13.1. The first-order chi connectivity index (χ1) is 16.5. The van der Waals surface area contributed by atoms with Crippen molar-refractivity contribution in [3.05, 3.63) is 53.9 Å². The highest BCUT2D eigenvalue weighted by Crippen LogP contribution is 2.28. The smallest absolute Gasteiger partial charge is 0.243 e. The lowest BCUT2D eigenvalue weighted by Crippen LogP contribution is -2.40. The van der Waals surface area contributed by atoms with Gasteiger partial charge in [-0.15, -0.1) is 5.10 Å². The first-order valence-corrected chi connectivity index (χ1v) is 13.5. The van der Waals surface area contributed by atoms with Gasteiger partial charge in [-0.05, 0) is 54.1 Å². The molecule has 0 aliphatic carbocycles. The Bertz CT molecular complexity index is 1430. The standard InChI is InChI=1S/C22H25N7O3S2/c1-3-28-20-9-8-17(34(30,31)27-10-12-32-13-11-27)14-18(20)23-21(28)15-33-22-24-25-26-29(22)19-7-5-4-6-16(19)2/h4-9,14H,3,10-13,15H2,1-2H3. The molecule has 10 nitrogen and oxygen atoms in total. The first-order valence-electron chi connectivity index (χ1n) is 11.0. The van der Waals surface area contributed by atoms with Crippen molar-refractivity contribution < 1.29 is 13.2 Å². The molecule has 5 rings (SSSR count). The van der Waals surface area contributed by atoms with Crippen molar-refractivity contribution in [1.29, 1.82) is 0 Å². The van der Waals surface area contributed by atoms with Crippen molar-refractivity contribution in [2.45, 2.75) is 36.2 Å². The number of nitrogens with zero attached hydrogens (tertiary/aromatic N) is 7. The molecule has 0 amide bonds. The average Bonchev–Trinajstić information content (AvgIpc) is 3.47. The number of thioether (sulfide) groups is 1. The Morgan fingerprint density at radius 2 is 1.91 bits per heavy atom. The van der Waals surface area contributed by atoms with Gasteiger partial charge in [-0.1, -0.05) is 30.0 Å². The number of benzene rings is 2. The zero-order valence-electron chi connectivity index (χ0n) is 19.0. The van der Waals surface area contributed by atoms with Crippen LogP contribution in [-0.2, 0) is 27.1 Å². The van der Waals surface area contributed by atoms with E-state index in [4.69, 9.17) is 9.72 Å². The van der Waals surface area contributed by atoms with E-state index in [-0.39, 0.29) is 4.90 Å². The van der Waals surface area contributed by atoms with Gasteiger partial charge >= 0.3 is 0 Å². The second-order valence-electron chi connectivity index (χ2n) is 7.89. The fourth-order valence-corrected chi connectivity index (χ4v) is 6.33. The molecule has 2 aromatic carbocycles. The summed E-state index contributed by atoms with van der Waals surface area (Å²) in [5.41, 5.74) is 3.56. The predicted molar refractivity (Wildman–Crippen MR) is 128 cm³/mol. The van der Waals surface area contributed by atoms with Crippen LogP contribution in [0.4, 0.5) is 0 Å². The number of aryl methyl sites for hydroxylation is 2. The van der Waals surface area contributed by atoms with E-state index < -0.39 is 10.0 Å². The SMILES string of the molecule is CCn1c(CSc2nnnn2-c2ccccc2C)nc2cc(S(=O)(=O)N3CCOCC3)ccc21. The molecule has 0 saturated carbocycles. The summed E-state index contributed by atoms with van der Waals surface area (Å²) in [6.07, 6.45) is 0. The highest BCUT2D eigenvalue weighted by Gasteiger charge is 2.27. The quantitative estimate of drug-likeness (QED) is 0.357. The van der Waals surface area contributed by atoms with Crippen LogP contribution < -0.4 is 0 Å². The molecular formula is C22H25N7O3S2. The maximum atomic E-state index is 13.1. The molecule has 3 heterocycles. The Morgan fingerprint density at radius 1 is 1.12 bits per heavy atom. The van der Waals surface area contributed by atoms with E-state index in [1.807, 2.05) is 44.2 Å². The van der Waals surface area contributed by atoms with Gasteiger partial charge in [-0.3, -0.25) is 0 Å². The van der Waals surface area contributed by atoms with E-state index in [0.717, 1.165) is 22.6 Å². The molecule has 0 spiro atoms. The van der Waals surface area contributed by atoms with Crippen molar-refractivity contribution in [2.24, 2.45) is 0 Å². The number of hydrogen-bond donors (Lipinski definition) is 0. The average molecular weight is 500 g/mol. The third-order valence-electron chi connectivity index (χ3n) is 5.84. The number of para-hydroxylation sites is 1. The van der Waals surface area contributed by atoms with Crippen molar-refractivity contribution in [3.63, 3.8) is 0 Å². The molecule has 178 valence electrons. The third kappa shape index (κ3) is 4.22. The maximum Gasteiger partial charge on any atom is 0.243 e. The minimum atomic E-state index is -3.58. The predicted octanol–water partition coefficient (Wildman–Crippen LogP) is 2.65. The van der Waals surface area contributed by atoms with Crippen LogP contribution >= 0.6 is 11.8 Å². The summed E-state index contributed by atoms with van der Waals surface area (Å²) in [6, 6.07) is 13.1. The van der Waals surface area contributed by atoms with E-state index in [0.29, 0.717) is 49.3 Å².